The van der Waals surface area contributed by atoms with Crippen molar-refractivity contribution in [2.45, 2.75) is 20.0 Å². The van der Waals surface area contributed by atoms with Crippen LogP contribution in [-0.2, 0) is 4.74 Å². The molecule has 1 N–H and O–H groups in total. The van der Waals surface area contributed by atoms with Crippen LogP contribution in [0.1, 0.15) is 22.8 Å². The summed E-state index contributed by atoms with van der Waals surface area (Å²) in [6.07, 6.45) is -0.622. The molecule has 0 aliphatic heterocycles. The van der Waals surface area contributed by atoms with E-state index in [1.807, 2.05) is 19.1 Å². The van der Waals surface area contributed by atoms with Gasteiger partial charge in [0, 0.05) is 0 Å². The van der Waals surface area contributed by atoms with Gasteiger partial charge >= 0.3 is 5.97 Å². The number of hydrogen-bond donors (Lipinski definition) is 1. The van der Waals surface area contributed by atoms with Crippen LogP contribution in [0.4, 0.5) is 0 Å². The Balaban J connectivity index is 2.65. The molecule has 1 aromatic carbocycles. The molecule has 0 radical (unpaired) electrons. The number of ether oxygens (including phenoxy) is 1. The van der Waals surface area contributed by atoms with Gasteiger partial charge in [0.05, 0.1) is 11.7 Å². The highest BCUT2D eigenvalue weighted by molar-refractivity contribution is 5.90. The molecule has 0 spiro atoms. The third kappa shape index (κ3) is 2.85. The summed E-state index contributed by atoms with van der Waals surface area (Å²) in [7, 11) is 0. The average molecular weight is 194 g/mol. The lowest BCUT2D eigenvalue weighted by Gasteiger charge is -2.07. The number of aliphatic hydroxyl groups excluding tert-OH is 1. The molecule has 3 nitrogen and oxygen atoms in total. The summed E-state index contributed by atoms with van der Waals surface area (Å²) >= 11 is 0. The molecule has 1 atom stereocenters. The SMILES string of the molecule is Cc1ccccc1C(=O)OC[C@@H](C)O. The standard InChI is InChI=1S/C11H14O3/c1-8-5-3-4-6-10(8)11(13)14-7-9(2)12/h3-6,9,12H,7H2,1-2H3/t9-/m1/s1. The lowest BCUT2D eigenvalue weighted by molar-refractivity contribution is 0.0295. The third-order valence-electron chi connectivity index (χ3n) is 1.82. The van der Waals surface area contributed by atoms with E-state index in [4.69, 9.17) is 9.84 Å². The largest absolute Gasteiger partial charge is 0.459 e. The van der Waals surface area contributed by atoms with Crippen LogP contribution in [-0.4, -0.2) is 23.8 Å². The minimum absolute atomic E-state index is 0.0349. The van der Waals surface area contributed by atoms with Crippen LogP contribution < -0.4 is 0 Å². The second kappa shape index (κ2) is 4.77. The zero-order chi connectivity index (χ0) is 10.6. The molecule has 0 aliphatic rings. The Morgan fingerprint density at radius 1 is 1.50 bits per heavy atom. The maximum atomic E-state index is 11.4. The molecule has 0 heterocycles. The van der Waals surface area contributed by atoms with Crippen molar-refractivity contribution in [1.82, 2.24) is 0 Å². The van der Waals surface area contributed by atoms with Gasteiger partial charge in [0.25, 0.3) is 0 Å². The maximum absolute atomic E-state index is 11.4. The second-order valence-electron chi connectivity index (χ2n) is 3.26. The van der Waals surface area contributed by atoms with E-state index in [1.54, 1.807) is 19.1 Å². The molecular weight excluding hydrogens is 180 g/mol. The molecule has 0 bridgehead atoms. The van der Waals surface area contributed by atoms with E-state index < -0.39 is 6.10 Å². The molecule has 0 fully saturated rings. The Morgan fingerprint density at radius 3 is 2.71 bits per heavy atom. The fourth-order valence-corrected chi connectivity index (χ4v) is 1.08. The lowest BCUT2D eigenvalue weighted by Crippen LogP contribution is -2.15. The van der Waals surface area contributed by atoms with Crippen molar-refractivity contribution in [3.8, 4) is 0 Å². The minimum atomic E-state index is -0.622. The summed E-state index contributed by atoms with van der Waals surface area (Å²) < 4.78 is 4.88. The van der Waals surface area contributed by atoms with Gasteiger partial charge in [-0.15, -0.1) is 0 Å². The van der Waals surface area contributed by atoms with Crippen LogP contribution in [0.15, 0.2) is 24.3 Å². The van der Waals surface area contributed by atoms with Gasteiger partial charge < -0.3 is 9.84 Å². The van der Waals surface area contributed by atoms with E-state index in [9.17, 15) is 4.79 Å². The van der Waals surface area contributed by atoms with Crippen molar-refractivity contribution < 1.29 is 14.6 Å². The van der Waals surface area contributed by atoms with Gasteiger partial charge in [-0.1, -0.05) is 18.2 Å². The summed E-state index contributed by atoms with van der Waals surface area (Å²) in [5.74, 6) is -0.385. The smallest absolute Gasteiger partial charge is 0.338 e. The number of esters is 1. The molecule has 14 heavy (non-hydrogen) atoms. The van der Waals surface area contributed by atoms with E-state index in [-0.39, 0.29) is 12.6 Å². The Kier molecular flexibility index (Phi) is 3.65. The van der Waals surface area contributed by atoms with Crippen LogP contribution in [0.3, 0.4) is 0 Å². The number of aliphatic hydroxyl groups is 1. The van der Waals surface area contributed by atoms with Crippen molar-refractivity contribution >= 4 is 5.97 Å². The summed E-state index contributed by atoms with van der Waals surface area (Å²) in [4.78, 5) is 11.4. The van der Waals surface area contributed by atoms with E-state index in [2.05, 4.69) is 0 Å². The Hall–Kier alpha value is -1.35. The number of carbonyl (C=O) groups excluding carboxylic acids is 1. The number of carbonyl (C=O) groups is 1. The Morgan fingerprint density at radius 2 is 2.14 bits per heavy atom. The number of aryl methyl sites for hydroxylation is 1. The van der Waals surface area contributed by atoms with Gasteiger partial charge in [0.2, 0.25) is 0 Å². The molecule has 0 aliphatic carbocycles. The van der Waals surface area contributed by atoms with Gasteiger partial charge in [-0.2, -0.15) is 0 Å². The van der Waals surface area contributed by atoms with Crippen LogP contribution in [0.2, 0.25) is 0 Å². The van der Waals surface area contributed by atoms with Gasteiger partial charge in [-0.25, -0.2) is 4.79 Å². The van der Waals surface area contributed by atoms with Crippen LogP contribution in [0, 0.1) is 6.92 Å². The van der Waals surface area contributed by atoms with Gasteiger partial charge in [0.1, 0.15) is 6.61 Å². The Bertz CT molecular complexity index is 318. The van der Waals surface area contributed by atoms with Crippen molar-refractivity contribution in [3.05, 3.63) is 35.4 Å². The first-order valence-electron chi connectivity index (χ1n) is 4.52. The van der Waals surface area contributed by atoms with Gasteiger partial charge in [-0.3, -0.25) is 0 Å². The van der Waals surface area contributed by atoms with Crippen molar-refractivity contribution in [3.63, 3.8) is 0 Å². The zero-order valence-corrected chi connectivity index (χ0v) is 8.36. The van der Waals surface area contributed by atoms with Gasteiger partial charge in [-0.05, 0) is 25.5 Å². The topological polar surface area (TPSA) is 46.5 Å². The van der Waals surface area contributed by atoms with Crippen LogP contribution in [0.25, 0.3) is 0 Å². The zero-order valence-electron chi connectivity index (χ0n) is 8.36. The molecule has 76 valence electrons. The quantitative estimate of drug-likeness (QED) is 0.742. The first-order valence-corrected chi connectivity index (χ1v) is 4.52. The van der Waals surface area contributed by atoms with E-state index in [1.165, 1.54) is 0 Å². The minimum Gasteiger partial charge on any atom is -0.459 e. The first-order chi connectivity index (χ1) is 6.61. The third-order valence-corrected chi connectivity index (χ3v) is 1.82. The summed E-state index contributed by atoms with van der Waals surface area (Å²) in [5, 5.41) is 8.94. The summed E-state index contributed by atoms with van der Waals surface area (Å²) in [6, 6.07) is 7.20. The van der Waals surface area contributed by atoms with Crippen LogP contribution in [0.5, 0.6) is 0 Å². The molecule has 0 aromatic heterocycles. The second-order valence-corrected chi connectivity index (χ2v) is 3.26. The molecule has 0 saturated heterocycles. The van der Waals surface area contributed by atoms with Crippen LogP contribution >= 0.6 is 0 Å². The lowest BCUT2D eigenvalue weighted by atomic mass is 10.1. The maximum Gasteiger partial charge on any atom is 0.338 e. The number of benzene rings is 1. The molecule has 1 rings (SSSR count). The molecule has 1 aromatic rings. The van der Waals surface area contributed by atoms with Crippen molar-refractivity contribution in [2.24, 2.45) is 0 Å². The normalized spacial score (nSPS) is 12.2. The fraction of sp³-hybridized carbons (Fsp3) is 0.364. The van der Waals surface area contributed by atoms with E-state index in [0.29, 0.717) is 5.56 Å². The predicted molar refractivity (Wildman–Crippen MR) is 53.1 cm³/mol. The average Bonchev–Trinajstić information content (AvgIpc) is 2.15. The Labute approximate surface area is 83.3 Å². The highest BCUT2D eigenvalue weighted by atomic mass is 16.5. The molecular formula is C11H14O3. The molecule has 0 unspecified atom stereocenters. The van der Waals surface area contributed by atoms with Gasteiger partial charge in [0.15, 0.2) is 0 Å². The first kappa shape index (κ1) is 10.7. The molecule has 0 saturated carbocycles. The summed E-state index contributed by atoms with van der Waals surface area (Å²) in [5.41, 5.74) is 1.43. The number of rotatable bonds is 3. The highest BCUT2D eigenvalue weighted by Crippen LogP contribution is 2.08. The van der Waals surface area contributed by atoms with E-state index in [0.717, 1.165) is 5.56 Å². The molecule has 0 amide bonds. The predicted octanol–water partition coefficient (Wildman–Crippen LogP) is 1.53. The van der Waals surface area contributed by atoms with Crippen molar-refractivity contribution in [2.75, 3.05) is 6.61 Å². The monoisotopic (exact) mass is 194 g/mol. The molecule has 3 heteroatoms. The highest BCUT2D eigenvalue weighted by Gasteiger charge is 2.10. The summed E-state index contributed by atoms with van der Waals surface area (Å²) in [6.45, 7) is 3.46. The number of hydrogen-bond acceptors (Lipinski definition) is 3. The fourth-order valence-electron chi connectivity index (χ4n) is 1.08. The van der Waals surface area contributed by atoms with E-state index >= 15 is 0 Å². The van der Waals surface area contributed by atoms with Crippen molar-refractivity contribution in [1.29, 1.82) is 0 Å².